The summed E-state index contributed by atoms with van der Waals surface area (Å²) in [5.41, 5.74) is 1.56. The van der Waals surface area contributed by atoms with Gasteiger partial charge in [0.15, 0.2) is 0 Å². The lowest BCUT2D eigenvalue weighted by Crippen LogP contribution is -2.48. The van der Waals surface area contributed by atoms with Crippen LogP contribution in [-0.2, 0) is 9.59 Å². The van der Waals surface area contributed by atoms with Gasteiger partial charge in [0.2, 0.25) is 0 Å². The monoisotopic (exact) mass is 429 g/mol. The van der Waals surface area contributed by atoms with Crippen molar-refractivity contribution in [1.29, 1.82) is 0 Å². The molecule has 0 saturated carbocycles. The van der Waals surface area contributed by atoms with E-state index in [0.29, 0.717) is 49.6 Å². The molecule has 0 unspecified atom stereocenters. The molecule has 30 heavy (non-hydrogen) atoms. The predicted octanol–water partition coefficient (Wildman–Crippen LogP) is 2.37. The van der Waals surface area contributed by atoms with Gasteiger partial charge in [0.1, 0.15) is 11.5 Å². The molecule has 6 nitrogen and oxygen atoms in total. The number of hydrogen-bond donors (Lipinski definition) is 1. The van der Waals surface area contributed by atoms with Gasteiger partial charge in [0, 0.05) is 32.7 Å². The SMILES string of the molecule is O=C1C(c2ccccc2)=C(N2CCN(CCO)CC2)C(=O)N1c1ccc(F)c(Cl)c1. The minimum Gasteiger partial charge on any atom is -0.395 e. The molecule has 8 heteroatoms. The number of amides is 2. The fourth-order valence-electron chi connectivity index (χ4n) is 3.87. The van der Waals surface area contributed by atoms with Crippen molar-refractivity contribution in [3.05, 3.63) is 70.6 Å². The Labute approximate surface area is 178 Å². The maximum Gasteiger partial charge on any atom is 0.282 e. The third-order valence-electron chi connectivity index (χ3n) is 5.39. The summed E-state index contributed by atoms with van der Waals surface area (Å²) >= 11 is 5.90. The van der Waals surface area contributed by atoms with Crippen molar-refractivity contribution in [2.45, 2.75) is 0 Å². The van der Waals surface area contributed by atoms with Crippen LogP contribution in [0.1, 0.15) is 5.56 Å². The van der Waals surface area contributed by atoms with Crippen LogP contribution in [0.25, 0.3) is 5.57 Å². The van der Waals surface area contributed by atoms with E-state index in [1.807, 2.05) is 23.1 Å². The van der Waals surface area contributed by atoms with E-state index in [1.54, 1.807) is 12.1 Å². The van der Waals surface area contributed by atoms with Crippen molar-refractivity contribution in [3.8, 4) is 0 Å². The number of rotatable bonds is 5. The minimum absolute atomic E-state index is 0.0779. The number of carbonyl (C=O) groups excluding carboxylic acids is 2. The van der Waals surface area contributed by atoms with Crippen LogP contribution in [0.5, 0.6) is 0 Å². The highest BCUT2D eigenvalue weighted by Gasteiger charge is 2.43. The number of carbonyl (C=O) groups is 2. The van der Waals surface area contributed by atoms with Gasteiger partial charge in [-0.15, -0.1) is 0 Å². The average Bonchev–Trinajstić information content (AvgIpc) is 3.02. The second-order valence-corrected chi connectivity index (χ2v) is 7.59. The van der Waals surface area contributed by atoms with E-state index in [2.05, 4.69) is 4.90 Å². The maximum absolute atomic E-state index is 13.6. The second-order valence-electron chi connectivity index (χ2n) is 7.19. The third kappa shape index (κ3) is 3.71. The number of aliphatic hydroxyl groups is 1. The van der Waals surface area contributed by atoms with Gasteiger partial charge in [-0.05, 0) is 23.8 Å². The molecule has 2 amide bonds. The molecule has 2 aromatic rings. The zero-order chi connectivity index (χ0) is 21.3. The van der Waals surface area contributed by atoms with Crippen molar-refractivity contribution < 1.29 is 19.1 Å². The molecule has 156 valence electrons. The molecule has 0 aromatic heterocycles. The Bertz CT molecular complexity index is 1000. The van der Waals surface area contributed by atoms with Gasteiger partial charge in [0.25, 0.3) is 11.8 Å². The van der Waals surface area contributed by atoms with Crippen LogP contribution in [0.15, 0.2) is 54.2 Å². The minimum atomic E-state index is -0.615. The van der Waals surface area contributed by atoms with Gasteiger partial charge < -0.3 is 10.0 Å². The molecule has 2 heterocycles. The van der Waals surface area contributed by atoms with E-state index in [-0.39, 0.29) is 17.3 Å². The fourth-order valence-corrected chi connectivity index (χ4v) is 4.05. The first-order valence-corrected chi connectivity index (χ1v) is 10.1. The lowest BCUT2D eigenvalue weighted by Gasteiger charge is -2.36. The predicted molar refractivity (Wildman–Crippen MR) is 112 cm³/mol. The van der Waals surface area contributed by atoms with E-state index in [0.717, 1.165) is 11.0 Å². The Morgan fingerprint density at radius 2 is 1.67 bits per heavy atom. The van der Waals surface area contributed by atoms with E-state index in [9.17, 15) is 14.0 Å². The molecule has 0 bridgehead atoms. The Kier molecular flexibility index (Phi) is 5.85. The highest BCUT2D eigenvalue weighted by atomic mass is 35.5. The van der Waals surface area contributed by atoms with E-state index in [4.69, 9.17) is 16.7 Å². The van der Waals surface area contributed by atoms with Crippen LogP contribution in [0.3, 0.4) is 0 Å². The molecular formula is C22H21ClFN3O3. The summed E-state index contributed by atoms with van der Waals surface area (Å²) in [6.07, 6.45) is 0. The summed E-state index contributed by atoms with van der Waals surface area (Å²) in [5, 5.41) is 9.01. The second kappa shape index (κ2) is 8.55. The highest BCUT2D eigenvalue weighted by Crippen LogP contribution is 2.36. The van der Waals surface area contributed by atoms with Crippen LogP contribution in [0.4, 0.5) is 10.1 Å². The summed E-state index contributed by atoms with van der Waals surface area (Å²) in [6, 6.07) is 12.9. The standard InChI is InChI=1S/C22H21ClFN3O3/c23-17-14-16(6-7-18(17)24)27-21(29)19(15-4-2-1-3-5-15)20(22(27)30)26-10-8-25(9-11-26)12-13-28/h1-7,14,28H,8-13H2. The molecule has 2 aromatic carbocycles. The number of halogens is 2. The summed E-state index contributed by atoms with van der Waals surface area (Å²) in [5.74, 6) is -1.52. The first-order chi connectivity index (χ1) is 14.5. The van der Waals surface area contributed by atoms with Crippen molar-refractivity contribution in [2.75, 3.05) is 44.2 Å². The topological polar surface area (TPSA) is 64.1 Å². The van der Waals surface area contributed by atoms with E-state index >= 15 is 0 Å². The largest absolute Gasteiger partial charge is 0.395 e. The maximum atomic E-state index is 13.6. The lowest BCUT2D eigenvalue weighted by molar-refractivity contribution is -0.120. The van der Waals surface area contributed by atoms with Gasteiger partial charge in [-0.1, -0.05) is 41.9 Å². The van der Waals surface area contributed by atoms with Crippen LogP contribution in [0.2, 0.25) is 5.02 Å². The number of aliphatic hydroxyl groups excluding tert-OH is 1. The number of imide groups is 1. The van der Waals surface area contributed by atoms with Gasteiger partial charge >= 0.3 is 0 Å². The highest BCUT2D eigenvalue weighted by molar-refractivity contribution is 6.45. The number of nitrogens with zero attached hydrogens (tertiary/aromatic N) is 3. The molecule has 1 saturated heterocycles. The summed E-state index contributed by atoms with van der Waals surface area (Å²) in [6.45, 7) is 3.12. The smallest absolute Gasteiger partial charge is 0.282 e. The molecule has 0 radical (unpaired) electrons. The third-order valence-corrected chi connectivity index (χ3v) is 5.68. The Morgan fingerprint density at radius 3 is 2.30 bits per heavy atom. The first-order valence-electron chi connectivity index (χ1n) is 9.73. The van der Waals surface area contributed by atoms with Gasteiger partial charge in [0.05, 0.1) is 22.9 Å². The molecule has 1 fully saturated rings. The van der Waals surface area contributed by atoms with Crippen molar-refractivity contribution in [3.63, 3.8) is 0 Å². The summed E-state index contributed by atoms with van der Waals surface area (Å²) in [7, 11) is 0. The fraction of sp³-hybridized carbons (Fsp3) is 0.273. The van der Waals surface area contributed by atoms with Crippen molar-refractivity contribution in [2.24, 2.45) is 0 Å². The molecule has 1 N–H and O–H groups in total. The van der Waals surface area contributed by atoms with Crippen molar-refractivity contribution in [1.82, 2.24) is 9.80 Å². The number of piperazine rings is 1. The quantitative estimate of drug-likeness (QED) is 0.739. The zero-order valence-corrected chi connectivity index (χ0v) is 17.0. The zero-order valence-electron chi connectivity index (χ0n) is 16.2. The number of hydrogen-bond acceptors (Lipinski definition) is 5. The van der Waals surface area contributed by atoms with Gasteiger partial charge in [-0.2, -0.15) is 0 Å². The number of benzene rings is 2. The number of anilines is 1. The van der Waals surface area contributed by atoms with Crippen LogP contribution in [0, 0.1) is 5.82 Å². The lowest BCUT2D eigenvalue weighted by atomic mass is 10.0. The van der Waals surface area contributed by atoms with E-state index < -0.39 is 17.6 Å². The van der Waals surface area contributed by atoms with E-state index in [1.165, 1.54) is 12.1 Å². The number of β-amino-alcohol motifs (C(OH)–C–C–N with tert-alkyl or cyclic N) is 1. The summed E-state index contributed by atoms with van der Waals surface area (Å²) in [4.78, 5) is 31.9. The Morgan fingerprint density at radius 1 is 0.967 bits per heavy atom. The van der Waals surface area contributed by atoms with Crippen LogP contribution in [-0.4, -0.2) is 66.1 Å². The molecule has 2 aliphatic rings. The molecule has 4 rings (SSSR count). The Balaban J connectivity index is 1.73. The Hall–Kier alpha value is -2.74. The van der Waals surface area contributed by atoms with Gasteiger partial charge in [-0.3, -0.25) is 14.5 Å². The average molecular weight is 430 g/mol. The normalized spacial score (nSPS) is 18.0. The van der Waals surface area contributed by atoms with Crippen LogP contribution < -0.4 is 4.90 Å². The molecular weight excluding hydrogens is 409 g/mol. The molecule has 0 aliphatic carbocycles. The molecule has 0 atom stereocenters. The van der Waals surface area contributed by atoms with Crippen LogP contribution >= 0.6 is 11.6 Å². The first kappa shape index (κ1) is 20.5. The molecule has 0 spiro atoms. The van der Waals surface area contributed by atoms with Gasteiger partial charge in [-0.25, -0.2) is 9.29 Å². The van der Waals surface area contributed by atoms with Crippen molar-refractivity contribution >= 4 is 34.7 Å². The molecule has 2 aliphatic heterocycles. The summed E-state index contributed by atoms with van der Waals surface area (Å²) < 4.78 is 13.6.